The standard InChI is InChI=1S/C17H12ClNO3/c1-22-14-7-5-11(6-8-14)15-10-16(20)19(17(15)21)13-4-2-3-12(18)9-13/h2-10H,1H3. The number of anilines is 1. The lowest BCUT2D eigenvalue weighted by Crippen LogP contribution is -2.30. The fraction of sp³-hybridized carbons (Fsp3) is 0.0588. The quantitative estimate of drug-likeness (QED) is 0.817. The van der Waals surface area contributed by atoms with E-state index in [-0.39, 0.29) is 11.8 Å². The number of carbonyl (C=O) groups excluding carboxylic acids is 2. The Kier molecular flexibility index (Phi) is 3.69. The highest BCUT2D eigenvalue weighted by Crippen LogP contribution is 2.30. The van der Waals surface area contributed by atoms with E-state index >= 15 is 0 Å². The van der Waals surface area contributed by atoms with Crippen LogP contribution in [0.2, 0.25) is 5.02 Å². The number of carbonyl (C=O) groups is 2. The van der Waals surface area contributed by atoms with E-state index in [1.807, 2.05) is 0 Å². The van der Waals surface area contributed by atoms with Crippen LogP contribution in [0, 0.1) is 0 Å². The Morgan fingerprint density at radius 3 is 2.41 bits per heavy atom. The Bertz CT molecular complexity index is 781. The molecule has 2 aromatic rings. The van der Waals surface area contributed by atoms with Gasteiger partial charge in [-0.15, -0.1) is 0 Å². The molecule has 0 bridgehead atoms. The van der Waals surface area contributed by atoms with Crippen molar-refractivity contribution in [3.8, 4) is 5.75 Å². The van der Waals surface area contributed by atoms with E-state index in [1.165, 1.54) is 6.08 Å². The van der Waals surface area contributed by atoms with Crippen molar-refractivity contribution in [3.63, 3.8) is 0 Å². The predicted octanol–water partition coefficient (Wildman–Crippen LogP) is 3.31. The third-order valence-corrected chi connectivity index (χ3v) is 3.62. The van der Waals surface area contributed by atoms with Gasteiger partial charge >= 0.3 is 0 Å². The summed E-state index contributed by atoms with van der Waals surface area (Å²) in [6.07, 6.45) is 1.34. The van der Waals surface area contributed by atoms with E-state index in [9.17, 15) is 9.59 Å². The van der Waals surface area contributed by atoms with Gasteiger partial charge in [0, 0.05) is 11.1 Å². The van der Waals surface area contributed by atoms with E-state index in [1.54, 1.807) is 55.6 Å². The average Bonchev–Trinajstić information content (AvgIpc) is 2.82. The molecule has 1 heterocycles. The van der Waals surface area contributed by atoms with Crippen molar-refractivity contribution in [3.05, 3.63) is 65.2 Å². The van der Waals surface area contributed by atoms with Crippen LogP contribution in [0.15, 0.2) is 54.6 Å². The first-order valence-electron chi connectivity index (χ1n) is 6.60. The number of imide groups is 1. The normalized spacial score (nSPS) is 14.3. The maximum absolute atomic E-state index is 12.5. The number of hydrogen-bond donors (Lipinski definition) is 0. The molecule has 110 valence electrons. The number of hydrogen-bond acceptors (Lipinski definition) is 3. The molecule has 2 aromatic carbocycles. The molecular weight excluding hydrogens is 302 g/mol. The zero-order chi connectivity index (χ0) is 15.7. The number of benzene rings is 2. The van der Waals surface area contributed by atoms with Gasteiger partial charge < -0.3 is 4.74 Å². The zero-order valence-electron chi connectivity index (χ0n) is 11.7. The van der Waals surface area contributed by atoms with Crippen LogP contribution in [0.5, 0.6) is 5.75 Å². The first kappa shape index (κ1) is 14.4. The minimum Gasteiger partial charge on any atom is -0.497 e. The fourth-order valence-corrected chi connectivity index (χ4v) is 2.49. The van der Waals surface area contributed by atoms with Crippen molar-refractivity contribution in [2.24, 2.45) is 0 Å². The Balaban J connectivity index is 1.94. The second kappa shape index (κ2) is 5.66. The maximum atomic E-state index is 12.5. The van der Waals surface area contributed by atoms with Gasteiger partial charge in [-0.05, 0) is 35.9 Å². The topological polar surface area (TPSA) is 46.6 Å². The summed E-state index contributed by atoms with van der Waals surface area (Å²) in [6, 6.07) is 13.6. The number of methoxy groups -OCH3 is 1. The molecule has 0 saturated heterocycles. The fourth-order valence-electron chi connectivity index (χ4n) is 2.31. The molecular formula is C17H12ClNO3. The number of amides is 2. The minimum atomic E-state index is -0.377. The summed E-state index contributed by atoms with van der Waals surface area (Å²) in [4.78, 5) is 25.8. The number of halogens is 1. The van der Waals surface area contributed by atoms with Crippen LogP contribution in [0.4, 0.5) is 5.69 Å². The summed E-state index contributed by atoms with van der Waals surface area (Å²) in [5.74, 6) is -0.0525. The molecule has 2 amide bonds. The maximum Gasteiger partial charge on any atom is 0.266 e. The second-order valence-electron chi connectivity index (χ2n) is 4.75. The Labute approximate surface area is 132 Å². The predicted molar refractivity (Wildman–Crippen MR) is 84.9 cm³/mol. The number of nitrogens with zero attached hydrogens (tertiary/aromatic N) is 1. The molecule has 0 saturated carbocycles. The Morgan fingerprint density at radius 1 is 1.05 bits per heavy atom. The number of ether oxygens (including phenoxy) is 1. The molecule has 4 nitrogen and oxygen atoms in total. The van der Waals surface area contributed by atoms with Gasteiger partial charge in [0.2, 0.25) is 0 Å². The van der Waals surface area contributed by atoms with Crippen molar-refractivity contribution in [1.29, 1.82) is 0 Å². The lowest BCUT2D eigenvalue weighted by atomic mass is 10.1. The van der Waals surface area contributed by atoms with Crippen LogP contribution in [0.3, 0.4) is 0 Å². The van der Waals surface area contributed by atoms with Gasteiger partial charge in [-0.25, -0.2) is 4.90 Å². The summed E-state index contributed by atoms with van der Waals surface area (Å²) in [6.45, 7) is 0. The SMILES string of the molecule is COc1ccc(C2=CC(=O)N(c3cccc(Cl)c3)C2=O)cc1. The van der Waals surface area contributed by atoms with Gasteiger partial charge in [0.15, 0.2) is 0 Å². The molecule has 3 rings (SSSR count). The summed E-state index contributed by atoms with van der Waals surface area (Å²) >= 11 is 5.93. The third kappa shape index (κ3) is 2.49. The second-order valence-corrected chi connectivity index (χ2v) is 5.18. The van der Waals surface area contributed by atoms with E-state index in [0.29, 0.717) is 27.6 Å². The molecule has 0 radical (unpaired) electrons. The highest BCUT2D eigenvalue weighted by atomic mass is 35.5. The van der Waals surface area contributed by atoms with E-state index in [0.717, 1.165) is 4.90 Å². The van der Waals surface area contributed by atoms with Crippen LogP contribution in [-0.2, 0) is 9.59 Å². The van der Waals surface area contributed by atoms with Crippen molar-refractivity contribution in [1.82, 2.24) is 0 Å². The lowest BCUT2D eigenvalue weighted by Gasteiger charge is -2.15. The van der Waals surface area contributed by atoms with Gasteiger partial charge in [0.25, 0.3) is 11.8 Å². The van der Waals surface area contributed by atoms with Gasteiger partial charge in [-0.2, -0.15) is 0 Å². The molecule has 0 unspecified atom stereocenters. The molecule has 5 heteroatoms. The molecule has 0 aromatic heterocycles. The molecule has 0 aliphatic carbocycles. The van der Waals surface area contributed by atoms with Crippen molar-refractivity contribution in [2.75, 3.05) is 12.0 Å². The third-order valence-electron chi connectivity index (χ3n) is 3.39. The van der Waals surface area contributed by atoms with Gasteiger partial charge in [0.1, 0.15) is 5.75 Å². The van der Waals surface area contributed by atoms with Crippen molar-refractivity contribution < 1.29 is 14.3 Å². The molecule has 1 aliphatic heterocycles. The summed E-state index contributed by atoms with van der Waals surface area (Å²) in [5, 5.41) is 0.469. The van der Waals surface area contributed by atoms with Gasteiger partial charge in [-0.3, -0.25) is 9.59 Å². The van der Waals surface area contributed by atoms with Crippen molar-refractivity contribution >= 4 is 34.7 Å². The first-order chi connectivity index (χ1) is 10.6. The van der Waals surface area contributed by atoms with Crippen LogP contribution >= 0.6 is 11.6 Å². The summed E-state index contributed by atoms with van der Waals surface area (Å²) < 4.78 is 5.09. The van der Waals surface area contributed by atoms with Gasteiger partial charge in [0.05, 0.1) is 18.4 Å². The Hall–Kier alpha value is -2.59. The van der Waals surface area contributed by atoms with E-state index in [4.69, 9.17) is 16.3 Å². The molecule has 22 heavy (non-hydrogen) atoms. The van der Waals surface area contributed by atoms with Crippen molar-refractivity contribution in [2.45, 2.75) is 0 Å². The van der Waals surface area contributed by atoms with Crippen LogP contribution in [0.1, 0.15) is 5.56 Å². The highest BCUT2D eigenvalue weighted by molar-refractivity contribution is 6.43. The zero-order valence-corrected chi connectivity index (χ0v) is 12.5. The monoisotopic (exact) mass is 313 g/mol. The number of rotatable bonds is 3. The highest BCUT2D eigenvalue weighted by Gasteiger charge is 2.33. The summed E-state index contributed by atoms with van der Waals surface area (Å²) in [5.41, 5.74) is 1.48. The largest absolute Gasteiger partial charge is 0.497 e. The average molecular weight is 314 g/mol. The minimum absolute atomic E-state index is 0.354. The molecule has 0 N–H and O–H groups in total. The van der Waals surface area contributed by atoms with Gasteiger partial charge in [-0.1, -0.05) is 29.8 Å². The van der Waals surface area contributed by atoms with Crippen LogP contribution in [-0.4, -0.2) is 18.9 Å². The van der Waals surface area contributed by atoms with Crippen LogP contribution < -0.4 is 9.64 Å². The Morgan fingerprint density at radius 2 is 1.77 bits per heavy atom. The molecule has 0 fully saturated rings. The smallest absolute Gasteiger partial charge is 0.266 e. The van der Waals surface area contributed by atoms with E-state index in [2.05, 4.69) is 0 Å². The van der Waals surface area contributed by atoms with Crippen LogP contribution in [0.25, 0.3) is 5.57 Å². The molecule has 0 atom stereocenters. The molecule has 0 spiro atoms. The first-order valence-corrected chi connectivity index (χ1v) is 6.98. The lowest BCUT2D eigenvalue weighted by molar-refractivity contribution is -0.119. The molecule has 1 aliphatic rings. The summed E-state index contributed by atoms with van der Waals surface area (Å²) in [7, 11) is 1.57. The van der Waals surface area contributed by atoms with E-state index < -0.39 is 0 Å².